The van der Waals surface area contributed by atoms with Crippen LogP contribution in [0.25, 0.3) is 16.8 Å². The number of aromatic nitrogens is 3. The number of nitriles is 1. The molecule has 0 aliphatic carbocycles. The third kappa shape index (κ3) is 4.54. The first-order valence-corrected chi connectivity index (χ1v) is 15.2. The van der Waals surface area contributed by atoms with Crippen LogP contribution in [-0.2, 0) is 16.0 Å². The summed E-state index contributed by atoms with van der Waals surface area (Å²) in [5.41, 5.74) is 6.23. The molecular formula is C31H32FN7O3S. The van der Waals surface area contributed by atoms with Gasteiger partial charge in [0, 0.05) is 55.6 Å². The normalized spacial score (nSPS) is 20.7. The van der Waals surface area contributed by atoms with Crippen LogP contribution in [0.5, 0.6) is 0 Å². The number of carbonyl (C=O) groups excluding carboxylic acids is 1. The minimum absolute atomic E-state index is 0.00491. The van der Waals surface area contributed by atoms with Crippen molar-refractivity contribution in [1.29, 1.82) is 5.26 Å². The Morgan fingerprint density at radius 1 is 1.23 bits per heavy atom. The van der Waals surface area contributed by atoms with E-state index in [4.69, 9.17) is 14.8 Å². The molecule has 6 heterocycles. The Bertz CT molecular complexity index is 1760. The topological polar surface area (TPSA) is 110 Å². The number of thiazole rings is 1. The number of hydrogen-bond donors (Lipinski definition) is 1. The maximum Gasteiger partial charge on any atom is 0.230 e. The van der Waals surface area contributed by atoms with Crippen LogP contribution in [-0.4, -0.2) is 83.1 Å². The van der Waals surface area contributed by atoms with Gasteiger partial charge in [0.25, 0.3) is 0 Å². The second kappa shape index (κ2) is 10.3. The largest absolute Gasteiger partial charge is 0.390 e. The zero-order valence-corrected chi connectivity index (χ0v) is 25.1. The summed E-state index contributed by atoms with van der Waals surface area (Å²) in [6, 6.07) is 12.6. The zero-order valence-electron chi connectivity index (χ0n) is 24.2. The number of likely N-dealkylation sites (tertiary alicyclic amines) is 1. The number of aryl methyl sites for hydroxylation is 2. The molecule has 3 aliphatic heterocycles. The van der Waals surface area contributed by atoms with E-state index < -0.39 is 12.0 Å². The molecule has 3 aromatic heterocycles. The van der Waals surface area contributed by atoms with Crippen molar-refractivity contribution in [3.8, 4) is 17.3 Å². The summed E-state index contributed by atoms with van der Waals surface area (Å²) >= 11 is 1.30. The van der Waals surface area contributed by atoms with Crippen molar-refractivity contribution in [2.24, 2.45) is 11.3 Å². The number of pyridine rings is 1. The lowest BCUT2D eigenvalue weighted by Gasteiger charge is -2.61. The van der Waals surface area contributed by atoms with Crippen LogP contribution >= 0.6 is 11.3 Å². The first-order chi connectivity index (χ1) is 20.7. The van der Waals surface area contributed by atoms with Crippen molar-refractivity contribution in [2.75, 3.05) is 56.2 Å². The summed E-state index contributed by atoms with van der Waals surface area (Å²) in [5.74, 6) is -0.789. The number of ether oxygens (including phenoxy) is 1. The van der Waals surface area contributed by atoms with Crippen LogP contribution in [0.1, 0.15) is 23.2 Å². The maximum atomic E-state index is 13.5. The van der Waals surface area contributed by atoms with Crippen LogP contribution in [0.2, 0.25) is 0 Å². The molecule has 12 heteroatoms. The molecule has 3 saturated heterocycles. The highest BCUT2D eigenvalue weighted by atomic mass is 32.1. The van der Waals surface area contributed by atoms with E-state index >= 15 is 0 Å². The number of carbonyl (C=O) groups is 1. The standard InChI is InChI=1S/C31H32FN7O3S/c1-4-23-28(36(3)30-34-27(26(11-33)43-30)19-5-7-20(32)8-6-19)24-10-21(9-18(2)39(24)35-23)37-14-31(15-37)16-38(17-31)29(41)22-12-42-13-25(22)40/h5-10,22,25,40H,4,12-17H2,1-3H3/t22-,25-/m0/s1. The summed E-state index contributed by atoms with van der Waals surface area (Å²) < 4.78 is 20.8. The molecule has 0 unspecified atom stereocenters. The molecule has 3 fully saturated rings. The Morgan fingerprint density at radius 3 is 2.63 bits per heavy atom. The fourth-order valence-electron chi connectivity index (χ4n) is 6.62. The molecule has 0 bridgehead atoms. The van der Waals surface area contributed by atoms with Crippen LogP contribution in [0.15, 0.2) is 36.4 Å². The molecule has 4 aromatic rings. The van der Waals surface area contributed by atoms with Gasteiger partial charge in [0.1, 0.15) is 22.5 Å². The molecule has 2 atom stereocenters. The average Bonchev–Trinajstić information content (AvgIpc) is 3.68. The van der Waals surface area contributed by atoms with Crippen LogP contribution in [0, 0.1) is 35.4 Å². The van der Waals surface area contributed by atoms with Gasteiger partial charge in [-0.15, -0.1) is 0 Å². The van der Waals surface area contributed by atoms with Gasteiger partial charge in [0.15, 0.2) is 5.13 Å². The molecule has 10 nitrogen and oxygen atoms in total. The highest BCUT2D eigenvalue weighted by Crippen LogP contribution is 2.44. The number of aliphatic hydroxyl groups excluding tert-OH is 1. The van der Waals surface area contributed by atoms with Crippen molar-refractivity contribution in [1.82, 2.24) is 19.5 Å². The Balaban J connectivity index is 1.14. The smallest absolute Gasteiger partial charge is 0.230 e. The third-order valence-electron chi connectivity index (χ3n) is 8.88. The van der Waals surface area contributed by atoms with Gasteiger partial charge in [-0.05, 0) is 49.7 Å². The van der Waals surface area contributed by atoms with E-state index in [0.717, 1.165) is 47.8 Å². The van der Waals surface area contributed by atoms with E-state index in [-0.39, 0.29) is 23.7 Å². The van der Waals surface area contributed by atoms with Crippen molar-refractivity contribution < 1.29 is 19.0 Å². The molecule has 1 aromatic carbocycles. The van der Waals surface area contributed by atoms with Crippen LogP contribution < -0.4 is 9.80 Å². The van der Waals surface area contributed by atoms with Gasteiger partial charge in [-0.1, -0.05) is 18.3 Å². The fourth-order valence-corrected chi connectivity index (χ4v) is 7.47. The highest BCUT2D eigenvalue weighted by molar-refractivity contribution is 7.16. The monoisotopic (exact) mass is 601 g/mol. The number of benzene rings is 1. The molecule has 1 N–H and O–H groups in total. The molecule has 222 valence electrons. The van der Waals surface area contributed by atoms with Crippen molar-refractivity contribution in [2.45, 2.75) is 26.4 Å². The number of aliphatic hydroxyl groups is 1. The van der Waals surface area contributed by atoms with E-state index in [1.807, 2.05) is 28.3 Å². The molecule has 7 rings (SSSR count). The van der Waals surface area contributed by atoms with E-state index in [2.05, 4.69) is 30.0 Å². The number of anilines is 3. The van der Waals surface area contributed by atoms with Gasteiger partial charge in [0.05, 0.1) is 42.1 Å². The Kier molecular flexibility index (Phi) is 6.65. The lowest BCUT2D eigenvalue weighted by atomic mass is 9.72. The van der Waals surface area contributed by atoms with Gasteiger partial charge in [-0.2, -0.15) is 10.4 Å². The van der Waals surface area contributed by atoms with Gasteiger partial charge in [-0.3, -0.25) is 4.79 Å². The number of rotatable bonds is 6. The summed E-state index contributed by atoms with van der Waals surface area (Å²) in [7, 11) is 1.94. The highest BCUT2D eigenvalue weighted by Gasteiger charge is 2.54. The lowest BCUT2D eigenvalue weighted by molar-refractivity contribution is -0.152. The van der Waals surface area contributed by atoms with Crippen LogP contribution in [0.4, 0.5) is 20.9 Å². The summed E-state index contributed by atoms with van der Waals surface area (Å²) in [4.78, 5) is 24.3. The first kappa shape index (κ1) is 27.8. The van der Waals surface area contributed by atoms with Gasteiger partial charge >= 0.3 is 0 Å². The second-order valence-corrected chi connectivity index (χ2v) is 12.9. The molecular weight excluding hydrogens is 569 g/mol. The van der Waals surface area contributed by atoms with Crippen molar-refractivity contribution in [3.63, 3.8) is 0 Å². The number of hydrogen-bond acceptors (Lipinski definition) is 9. The van der Waals surface area contributed by atoms with Crippen LogP contribution in [0.3, 0.4) is 0 Å². The predicted molar refractivity (Wildman–Crippen MR) is 161 cm³/mol. The molecule has 1 amide bonds. The van der Waals surface area contributed by atoms with E-state index in [9.17, 15) is 19.6 Å². The second-order valence-electron chi connectivity index (χ2n) is 11.9. The molecule has 0 radical (unpaired) electrons. The number of halogens is 1. The lowest BCUT2D eigenvalue weighted by Crippen LogP contribution is -2.73. The number of amides is 1. The van der Waals surface area contributed by atoms with Crippen molar-refractivity contribution >= 4 is 39.3 Å². The molecule has 1 spiro atoms. The van der Waals surface area contributed by atoms with Gasteiger partial charge < -0.3 is 24.5 Å². The summed E-state index contributed by atoms with van der Waals surface area (Å²) in [6.07, 6.45) is 0.00693. The number of fused-ring (bicyclic) bond motifs is 1. The van der Waals surface area contributed by atoms with E-state index in [1.54, 1.807) is 12.1 Å². The predicted octanol–water partition coefficient (Wildman–Crippen LogP) is 3.76. The maximum absolute atomic E-state index is 13.5. The van der Waals surface area contributed by atoms with Gasteiger partial charge in [-0.25, -0.2) is 13.9 Å². The summed E-state index contributed by atoms with van der Waals surface area (Å²) in [6.45, 7) is 7.76. The molecule has 0 saturated carbocycles. The van der Waals surface area contributed by atoms with E-state index in [1.165, 1.54) is 23.5 Å². The van der Waals surface area contributed by atoms with E-state index in [0.29, 0.717) is 41.0 Å². The first-order valence-electron chi connectivity index (χ1n) is 14.4. The number of nitrogens with zero attached hydrogens (tertiary/aromatic N) is 7. The third-order valence-corrected chi connectivity index (χ3v) is 9.92. The minimum atomic E-state index is -0.710. The Labute approximate surface area is 252 Å². The van der Waals surface area contributed by atoms with Gasteiger partial charge in [0.2, 0.25) is 5.91 Å². The Morgan fingerprint density at radius 2 is 1.98 bits per heavy atom. The van der Waals surface area contributed by atoms with Crippen molar-refractivity contribution in [3.05, 3.63) is 58.5 Å². The molecule has 43 heavy (non-hydrogen) atoms. The average molecular weight is 602 g/mol. The SMILES string of the molecule is CCc1nn2c(C)cc(N3CC4(CN(C(=O)[C@H]5COC[C@@H]5O)C4)C3)cc2c1N(C)c1nc(-c2ccc(F)cc2)c(C#N)s1. The summed E-state index contributed by atoms with van der Waals surface area (Å²) in [5, 5.41) is 25.5. The quantitative estimate of drug-likeness (QED) is 0.356. The zero-order chi connectivity index (χ0) is 30.0. The molecule has 3 aliphatic rings. The Hall–Kier alpha value is -4.05. The minimum Gasteiger partial charge on any atom is -0.390 e. The fraction of sp³-hybridized carbons (Fsp3) is 0.419.